The van der Waals surface area contributed by atoms with Gasteiger partial charge in [-0.15, -0.1) is 0 Å². The highest BCUT2D eigenvalue weighted by molar-refractivity contribution is 5.80. The molecule has 0 radical (unpaired) electrons. The molecule has 2 N–H and O–H groups in total. The van der Waals surface area contributed by atoms with E-state index < -0.39 is 0 Å². The average Bonchev–Trinajstić information content (AvgIpc) is 2.85. The highest BCUT2D eigenvalue weighted by Crippen LogP contribution is 2.36. The fourth-order valence-electron chi connectivity index (χ4n) is 2.42. The number of aryl methyl sites for hydroxylation is 1. The van der Waals surface area contributed by atoms with Gasteiger partial charge in [-0.3, -0.25) is 4.40 Å². The SMILES string of the molecule is COc1ccc(OC)c(-c2nc3c(C)cccn3c2N)c1. The molecule has 3 aromatic rings. The predicted octanol–water partition coefficient (Wildman–Crippen LogP) is 2.91. The Hall–Kier alpha value is -2.69. The third kappa shape index (κ3) is 2.07. The van der Waals surface area contributed by atoms with E-state index in [4.69, 9.17) is 15.2 Å². The number of nitrogens with zero attached hydrogens (tertiary/aromatic N) is 2. The fraction of sp³-hybridized carbons (Fsp3) is 0.188. The molecule has 0 saturated carbocycles. The van der Waals surface area contributed by atoms with Crippen LogP contribution in [0.4, 0.5) is 5.82 Å². The first-order valence-corrected chi connectivity index (χ1v) is 6.61. The van der Waals surface area contributed by atoms with Gasteiger partial charge < -0.3 is 15.2 Å². The smallest absolute Gasteiger partial charge is 0.142 e. The number of methoxy groups -OCH3 is 2. The number of hydrogen-bond donors (Lipinski definition) is 1. The van der Waals surface area contributed by atoms with Crippen molar-refractivity contribution in [2.75, 3.05) is 20.0 Å². The molecule has 0 bridgehead atoms. The number of fused-ring (bicyclic) bond motifs is 1. The molecule has 0 aliphatic carbocycles. The maximum Gasteiger partial charge on any atom is 0.142 e. The van der Waals surface area contributed by atoms with Crippen molar-refractivity contribution in [1.29, 1.82) is 0 Å². The largest absolute Gasteiger partial charge is 0.497 e. The monoisotopic (exact) mass is 283 g/mol. The van der Waals surface area contributed by atoms with E-state index in [0.717, 1.165) is 22.5 Å². The summed E-state index contributed by atoms with van der Waals surface area (Å²) in [5.41, 5.74) is 9.68. The highest BCUT2D eigenvalue weighted by Gasteiger charge is 2.17. The van der Waals surface area contributed by atoms with Gasteiger partial charge in [0.2, 0.25) is 0 Å². The second-order valence-corrected chi connectivity index (χ2v) is 4.80. The second kappa shape index (κ2) is 5.01. The number of imidazole rings is 1. The summed E-state index contributed by atoms with van der Waals surface area (Å²) < 4.78 is 12.6. The molecule has 21 heavy (non-hydrogen) atoms. The van der Waals surface area contributed by atoms with Crippen LogP contribution in [0.1, 0.15) is 5.56 Å². The van der Waals surface area contributed by atoms with Crippen molar-refractivity contribution in [3.8, 4) is 22.8 Å². The van der Waals surface area contributed by atoms with Crippen molar-refractivity contribution in [3.63, 3.8) is 0 Å². The number of nitrogen functional groups attached to an aromatic ring is 1. The molecule has 0 amide bonds. The van der Waals surface area contributed by atoms with E-state index in [1.807, 2.05) is 47.9 Å². The van der Waals surface area contributed by atoms with Crippen LogP contribution in [0.3, 0.4) is 0 Å². The third-order valence-corrected chi connectivity index (χ3v) is 3.54. The standard InChI is InChI=1S/C16H17N3O2/c1-10-5-4-8-19-15(17)14(18-16(10)19)12-9-11(20-2)6-7-13(12)21-3/h4-9H,17H2,1-3H3. The van der Waals surface area contributed by atoms with Crippen LogP contribution in [-0.4, -0.2) is 23.6 Å². The number of pyridine rings is 1. The van der Waals surface area contributed by atoms with E-state index in [2.05, 4.69) is 4.98 Å². The van der Waals surface area contributed by atoms with Crippen molar-refractivity contribution < 1.29 is 9.47 Å². The quantitative estimate of drug-likeness (QED) is 0.803. The predicted molar refractivity (Wildman–Crippen MR) is 82.9 cm³/mol. The van der Waals surface area contributed by atoms with Crippen LogP contribution in [0, 0.1) is 6.92 Å². The number of benzene rings is 1. The van der Waals surface area contributed by atoms with Crippen LogP contribution in [-0.2, 0) is 0 Å². The first-order chi connectivity index (χ1) is 10.2. The van der Waals surface area contributed by atoms with Crippen LogP contribution in [0.2, 0.25) is 0 Å². The minimum Gasteiger partial charge on any atom is -0.497 e. The normalized spacial score (nSPS) is 10.8. The Morgan fingerprint density at radius 3 is 2.62 bits per heavy atom. The summed E-state index contributed by atoms with van der Waals surface area (Å²) in [6, 6.07) is 9.54. The van der Waals surface area contributed by atoms with E-state index >= 15 is 0 Å². The maximum atomic E-state index is 6.26. The van der Waals surface area contributed by atoms with Gasteiger partial charge in [0.15, 0.2) is 0 Å². The lowest BCUT2D eigenvalue weighted by Crippen LogP contribution is -1.96. The van der Waals surface area contributed by atoms with E-state index in [0.29, 0.717) is 17.3 Å². The maximum absolute atomic E-state index is 6.26. The average molecular weight is 283 g/mol. The minimum atomic E-state index is 0.584. The number of rotatable bonds is 3. The molecule has 0 saturated heterocycles. The zero-order valence-corrected chi connectivity index (χ0v) is 12.3. The summed E-state index contributed by atoms with van der Waals surface area (Å²) in [7, 11) is 3.26. The fourth-order valence-corrected chi connectivity index (χ4v) is 2.42. The molecule has 5 heteroatoms. The molecule has 2 aromatic heterocycles. The van der Waals surface area contributed by atoms with Crippen LogP contribution >= 0.6 is 0 Å². The van der Waals surface area contributed by atoms with Gasteiger partial charge in [0, 0.05) is 11.8 Å². The molecule has 0 unspecified atom stereocenters. The van der Waals surface area contributed by atoms with Gasteiger partial charge in [-0.2, -0.15) is 0 Å². The lowest BCUT2D eigenvalue weighted by atomic mass is 10.1. The van der Waals surface area contributed by atoms with Crippen molar-refractivity contribution in [1.82, 2.24) is 9.38 Å². The molecule has 5 nitrogen and oxygen atoms in total. The van der Waals surface area contributed by atoms with Gasteiger partial charge in [-0.05, 0) is 36.8 Å². The Balaban J connectivity index is 2.30. The summed E-state index contributed by atoms with van der Waals surface area (Å²) in [5, 5.41) is 0. The molecule has 108 valence electrons. The van der Waals surface area contributed by atoms with Gasteiger partial charge >= 0.3 is 0 Å². The summed E-state index contributed by atoms with van der Waals surface area (Å²) in [5.74, 6) is 2.03. The number of nitrogens with two attached hydrogens (primary N) is 1. The van der Waals surface area contributed by atoms with Crippen molar-refractivity contribution in [2.45, 2.75) is 6.92 Å². The Bertz CT molecular complexity index is 809. The molecule has 0 fully saturated rings. The number of aromatic nitrogens is 2. The topological polar surface area (TPSA) is 61.8 Å². The highest BCUT2D eigenvalue weighted by atomic mass is 16.5. The zero-order chi connectivity index (χ0) is 15.0. The molecule has 0 aliphatic heterocycles. The van der Waals surface area contributed by atoms with Crippen LogP contribution in [0.15, 0.2) is 36.5 Å². The number of anilines is 1. The molecule has 3 rings (SSSR count). The first-order valence-electron chi connectivity index (χ1n) is 6.61. The van der Waals surface area contributed by atoms with Gasteiger partial charge in [0.05, 0.1) is 14.2 Å². The lowest BCUT2D eigenvalue weighted by molar-refractivity contribution is 0.404. The summed E-state index contributed by atoms with van der Waals surface area (Å²) in [6.45, 7) is 2.01. The molecule has 0 aliphatic rings. The molecule has 0 spiro atoms. The minimum absolute atomic E-state index is 0.584. The number of ether oxygens (including phenoxy) is 2. The van der Waals surface area contributed by atoms with Crippen LogP contribution in [0.5, 0.6) is 11.5 Å². The van der Waals surface area contributed by atoms with Gasteiger partial charge in [-0.25, -0.2) is 4.98 Å². The van der Waals surface area contributed by atoms with E-state index in [-0.39, 0.29) is 0 Å². The van der Waals surface area contributed by atoms with Gasteiger partial charge in [-0.1, -0.05) is 6.07 Å². The molecule has 2 heterocycles. The summed E-state index contributed by atoms with van der Waals surface area (Å²) in [4.78, 5) is 4.67. The Kier molecular flexibility index (Phi) is 3.17. The lowest BCUT2D eigenvalue weighted by Gasteiger charge is -2.09. The summed E-state index contributed by atoms with van der Waals surface area (Å²) in [6.07, 6.45) is 1.90. The number of hydrogen-bond acceptors (Lipinski definition) is 4. The van der Waals surface area contributed by atoms with E-state index in [1.54, 1.807) is 14.2 Å². The zero-order valence-electron chi connectivity index (χ0n) is 12.3. The molecular weight excluding hydrogens is 266 g/mol. The van der Waals surface area contributed by atoms with Gasteiger partial charge in [0.1, 0.15) is 28.7 Å². The second-order valence-electron chi connectivity index (χ2n) is 4.80. The first kappa shape index (κ1) is 13.3. The van der Waals surface area contributed by atoms with Crippen molar-refractivity contribution >= 4 is 11.5 Å². The van der Waals surface area contributed by atoms with E-state index in [9.17, 15) is 0 Å². The molecule has 1 aromatic carbocycles. The Labute approximate surface area is 122 Å². The van der Waals surface area contributed by atoms with E-state index in [1.165, 1.54) is 0 Å². The van der Waals surface area contributed by atoms with Gasteiger partial charge in [0.25, 0.3) is 0 Å². The molecular formula is C16H17N3O2. The third-order valence-electron chi connectivity index (χ3n) is 3.54. The Morgan fingerprint density at radius 2 is 1.95 bits per heavy atom. The van der Waals surface area contributed by atoms with Crippen molar-refractivity contribution in [2.24, 2.45) is 0 Å². The van der Waals surface area contributed by atoms with Crippen LogP contribution in [0.25, 0.3) is 16.9 Å². The molecule has 0 atom stereocenters. The Morgan fingerprint density at radius 1 is 1.14 bits per heavy atom. The van der Waals surface area contributed by atoms with Crippen molar-refractivity contribution in [3.05, 3.63) is 42.1 Å². The van der Waals surface area contributed by atoms with Crippen LogP contribution < -0.4 is 15.2 Å². The summed E-state index contributed by atoms with van der Waals surface area (Å²) >= 11 is 0.